The lowest BCUT2D eigenvalue weighted by Crippen LogP contribution is -2.04. The molecule has 0 atom stereocenters. The van der Waals surface area contributed by atoms with Crippen LogP contribution in [0, 0.1) is 0 Å². The molecular weight excluding hydrogens is 304 g/mol. The molecule has 0 aliphatic rings. The number of esters is 2. The molecule has 0 N–H and O–H groups in total. The van der Waals surface area contributed by atoms with Gasteiger partial charge in [-0.15, -0.1) is 34.9 Å². The van der Waals surface area contributed by atoms with Crippen LogP contribution >= 0.6 is 34.9 Å². The van der Waals surface area contributed by atoms with E-state index in [0.717, 1.165) is 19.5 Å². The van der Waals surface area contributed by atoms with E-state index in [1.54, 1.807) is 34.9 Å². The lowest BCUT2D eigenvalue weighted by molar-refractivity contribution is -0.144. The maximum atomic E-state index is 11.0. The maximum absolute atomic E-state index is 11.0. The van der Waals surface area contributed by atoms with Crippen LogP contribution in [0.1, 0.15) is 25.0 Å². The molecule has 1 aromatic heterocycles. The average molecular weight is 320 g/mol. The summed E-state index contributed by atoms with van der Waals surface area (Å²) in [6, 6.07) is 0. The second-order valence-electron chi connectivity index (χ2n) is 3.60. The first-order chi connectivity index (χ1) is 8.99. The van der Waals surface area contributed by atoms with Crippen molar-refractivity contribution in [3.63, 3.8) is 0 Å². The van der Waals surface area contributed by atoms with Gasteiger partial charge in [-0.05, 0) is 12.5 Å². The van der Waals surface area contributed by atoms with E-state index >= 15 is 0 Å². The second-order valence-corrected chi connectivity index (χ2v) is 6.77. The van der Waals surface area contributed by atoms with E-state index in [1.165, 1.54) is 13.8 Å². The fourth-order valence-corrected chi connectivity index (χ4v) is 4.38. The van der Waals surface area contributed by atoms with Crippen molar-refractivity contribution in [2.24, 2.45) is 0 Å². The minimum absolute atomic E-state index is 0.221. The molecule has 0 saturated heterocycles. The summed E-state index contributed by atoms with van der Waals surface area (Å²) in [7, 11) is 0. The van der Waals surface area contributed by atoms with Crippen molar-refractivity contribution < 1.29 is 19.1 Å². The van der Waals surface area contributed by atoms with Crippen molar-refractivity contribution in [3.05, 3.63) is 11.1 Å². The van der Waals surface area contributed by atoms with Crippen LogP contribution in [0.25, 0.3) is 0 Å². The number of ether oxygens (including phenoxy) is 2. The molecule has 0 amide bonds. The van der Waals surface area contributed by atoms with Crippen LogP contribution in [0.2, 0.25) is 0 Å². The van der Waals surface area contributed by atoms with Gasteiger partial charge >= 0.3 is 11.9 Å². The highest BCUT2D eigenvalue weighted by molar-refractivity contribution is 8.02. The van der Waals surface area contributed by atoms with Gasteiger partial charge in [0, 0.05) is 25.0 Å². The standard InChI is InChI=1S/C12H16O4S3/c1-7(13)15-5-9-10(6-16-8(2)14)12(18-4)19-11(9)17-3/h5-6H2,1-4H3. The van der Waals surface area contributed by atoms with Gasteiger partial charge in [0.2, 0.25) is 0 Å². The first-order valence-electron chi connectivity index (χ1n) is 5.48. The molecule has 106 valence electrons. The minimum Gasteiger partial charge on any atom is -0.461 e. The molecule has 19 heavy (non-hydrogen) atoms. The summed E-state index contributed by atoms with van der Waals surface area (Å²) in [6.45, 7) is 3.21. The van der Waals surface area contributed by atoms with E-state index in [1.807, 2.05) is 12.5 Å². The summed E-state index contributed by atoms with van der Waals surface area (Å²) in [5, 5.41) is 0. The van der Waals surface area contributed by atoms with E-state index in [0.29, 0.717) is 0 Å². The monoisotopic (exact) mass is 320 g/mol. The van der Waals surface area contributed by atoms with Gasteiger partial charge < -0.3 is 9.47 Å². The first-order valence-corrected chi connectivity index (χ1v) is 8.75. The Kier molecular flexibility index (Phi) is 6.74. The highest BCUT2D eigenvalue weighted by atomic mass is 32.2. The number of carbonyl (C=O) groups excluding carboxylic acids is 2. The van der Waals surface area contributed by atoms with Gasteiger partial charge in [0.1, 0.15) is 13.2 Å². The zero-order chi connectivity index (χ0) is 14.4. The summed E-state index contributed by atoms with van der Waals surface area (Å²) in [5.74, 6) is -0.634. The van der Waals surface area contributed by atoms with Crippen LogP contribution in [-0.2, 0) is 32.3 Å². The molecule has 0 saturated carbocycles. The SMILES string of the molecule is CSc1sc(SC)c(COC(C)=O)c1COC(C)=O. The normalized spacial score (nSPS) is 10.3. The molecule has 1 aromatic rings. The Balaban J connectivity index is 3.03. The van der Waals surface area contributed by atoms with Gasteiger partial charge in [0.05, 0.1) is 8.42 Å². The summed E-state index contributed by atoms with van der Waals surface area (Å²) in [6.07, 6.45) is 3.95. The van der Waals surface area contributed by atoms with Gasteiger partial charge in [0.25, 0.3) is 0 Å². The summed E-state index contributed by atoms with van der Waals surface area (Å²) in [4.78, 5) is 21.9. The van der Waals surface area contributed by atoms with Crippen molar-refractivity contribution in [2.45, 2.75) is 35.5 Å². The topological polar surface area (TPSA) is 52.6 Å². The number of rotatable bonds is 6. The quantitative estimate of drug-likeness (QED) is 0.592. The molecule has 7 heteroatoms. The summed E-state index contributed by atoms with van der Waals surface area (Å²) < 4.78 is 12.3. The molecule has 4 nitrogen and oxygen atoms in total. The molecule has 0 radical (unpaired) electrons. The number of hydrogen-bond acceptors (Lipinski definition) is 7. The van der Waals surface area contributed by atoms with Crippen molar-refractivity contribution in [1.82, 2.24) is 0 Å². The molecule has 0 aliphatic carbocycles. The average Bonchev–Trinajstić information content (AvgIpc) is 2.70. The van der Waals surface area contributed by atoms with Gasteiger partial charge in [-0.1, -0.05) is 0 Å². The Morgan fingerprint density at radius 2 is 1.32 bits per heavy atom. The zero-order valence-corrected chi connectivity index (χ0v) is 13.7. The number of thioether (sulfide) groups is 2. The highest BCUT2D eigenvalue weighted by Gasteiger charge is 2.19. The number of thiophene rings is 1. The lowest BCUT2D eigenvalue weighted by atomic mass is 10.2. The number of hydrogen-bond donors (Lipinski definition) is 0. The Hall–Kier alpha value is -0.660. The Labute approximate surface area is 125 Å². The molecule has 0 aliphatic heterocycles. The smallest absolute Gasteiger partial charge is 0.302 e. The van der Waals surface area contributed by atoms with E-state index in [-0.39, 0.29) is 25.2 Å². The third kappa shape index (κ3) is 4.74. The Morgan fingerprint density at radius 3 is 1.58 bits per heavy atom. The van der Waals surface area contributed by atoms with E-state index in [2.05, 4.69) is 0 Å². The van der Waals surface area contributed by atoms with Gasteiger partial charge in [-0.2, -0.15) is 0 Å². The fraction of sp³-hybridized carbons (Fsp3) is 0.500. The zero-order valence-electron chi connectivity index (χ0n) is 11.3. The predicted octanol–water partition coefficient (Wildman–Crippen LogP) is 3.32. The van der Waals surface area contributed by atoms with Crippen LogP contribution < -0.4 is 0 Å². The molecular formula is C12H16O4S3. The molecule has 1 heterocycles. The molecule has 0 bridgehead atoms. The minimum atomic E-state index is -0.317. The second kappa shape index (κ2) is 7.81. The van der Waals surface area contributed by atoms with Crippen LogP contribution in [-0.4, -0.2) is 24.5 Å². The Morgan fingerprint density at radius 1 is 0.947 bits per heavy atom. The highest BCUT2D eigenvalue weighted by Crippen LogP contribution is 2.40. The van der Waals surface area contributed by atoms with E-state index in [4.69, 9.17) is 9.47 Å². The summed E-state index contributed by atoms with van der Waals surface area (Å²) >= 11 is 4.84. The third-order valence-electron chi connectivity index (χ3n) is 2.25. The van der Waals surface area contributed by atoms with Crippen molar-refractivity contribution >= 4 is 46.8 Å². The molecule has 0 aromatic carbocycles. The van der Waals surface area contributed by atoms with Crippen molar-refractivity contribution in [3.8, 4) is 0 Å². The van der Waals surface area contributed by atoms with Crippen LogP contribution in [0.15, 0.2) is 8.42 Å². The number of carbonyl (C=O) groups is 2. The first kappa shape index (κ1) is 16.4. The van der Waals surface area contributed by atoms with Crippen LogP contribution in [0.5, 0.6) is 0 Å². The molecule has 0 unspecified atom stereocenters. The lowest BCUT2D eigenvalue weighted by Gasteiger charge is -2.08. The maximum Gasteiger partial charge on any atom is 0.302 e. The largest absolute Gasteiger partial charge is 0.461 e. The van der Waals surface area contributed by atoms with Crippen LogP contribution in [0.4, 0.5) is 0 Å². The third-order valence-corrected chi connectivity index (χ3v) is 5.85. The van der Waals surface area contributed by atoms with Crippen molar-refractivity contribution in [1.29, 1.82) is 0 Å². The van der Waals surface area contributed by atoms with Crippen LogP contribution in [0.3, 0.4) is 0 Å². The molecule has 0 spiro atoms. The Bertz CT molecular complexity index is 427. The molecule has 1 rings (SSSR count). The van der Waals surface area contributed by atoms with Crippen molar-refractivity contribution in [2.75, 3.05) is 12.5 Å². The van der Waals surface area contributed by atoms with Gasteiger partial charge in [-0.25, -0.2) is 0 Å². The van der Waals surface area contributed by atoms with E-state index < -0.39 is 0 Å². The fourth-order valence-electron chi connectivity index (χ4n) is 1.42. The van der Waals surface area contributed by atoms with Gasteiger partial charge in [-0.3, -0.25) is 9.59 Å². The summed E-state index contributed by atoms with van der Waals surface area (Å²) in [5.41, 5.74) is 1.89. The molecule has 0 fully saturated rings. The van der Waals surface area contributed by atoms with E-state index in [9.17, 15) is 9.59 Å². The predicted molar refractivity (Wildman–Crippen MR) is 78.8 cm³/mol. The van der Waals surface area contributed by atoms with Gasteiger partial charge in [0.15, 0.2) is 0 Å².